The molecular formula is C26H22F2N6O2. The highest BCUT2D eigenvalue weighted by Gasteiger charge is 2.47. The van der Waals surface area contributed by atoms with Gasteiger partial charge >= 0.3 is 0 Å². The summed E-state index contributed by atoms with van der Waals surface area (Å²) in [5.74, 6) is -2.06. The second-order valence-electron chi connectivity index (χ2n) is 9.22. The van der Waals surface area contributed by atoms with Gasteiger partial charge < -0.3 is 9.84 Å². The molecule has 0 radical (unpaired) electrons. The van der Waals surface area contributed by atoms with E-state index >= 15 is 0 Å². The molecule has 1 aromatic carbocycles. The lowest BCUT2D eigenvalue weighted by atomic mass is 9.80. The number of aryl methyl sites for hydroxylation is 1. The zero-order valence-corrected chi connectivity index (χ0v) is 19.6. The van der Waals surface area contributed by atoms with E-state index < -0.39 is 28.4 Å². The minimum atomic E-state index is -0.820. The first-order valence-electron chi connectivity index (χ1n) is 11.3. The number of carbonyl (C=O) groups is 1. The number of pyridine rings is 1. The van der Waals surface area contributed by atoms with Crippen LogP contribution in [0, 0.1) is 23.0 Å². The topological polar surface area (TPSA) is 110 Å². The summed E-state index contributed by atoms with van der Waals surface area (Å²) in [6.07, 6.45) is 5.10. The summed E-state index contributed by atoms with van der Waals surface area (Å²) in [5.41, 5.74) is 0.839. The lowest BCUT2D eigenvalue weighted by molar-refractivity contribution is 0.0938. The maximum absolute atomic E-state index is 14.1. The summed E-state index contributed by atoms with van der Waals surface area (Å²) in [7, 11) is 1.80. The lowest BCUT2D eigenvalue weighted by Crippen LogP contribution is -2.40. The van der Waals surface area contributed by atoms with Gasteiger partial charge in [0.2, 0.25) is 0 Å². The van der Waals surface area contributed by atoms with Crippen LogP contribution in [0.3, 0.4) is 0 Å². The van der Waals surface area contributed by atoms with E-state index in [2.05, 4.69) is 21.6 Å². The maximum Gasteiger partial charge on any atom is 0.273 e. The minimum absolute atomic E-state index is 0.00402. The monoisotopic (exact) mass is 488 g/mol. The van der Waals surface area contributed by atoms with Crippen molar-refractivity contribution in [2.24, 2.45) is 7.05 Å². The Balaban J connectivity index is 1.41. The van der Waals surface area contributed by atoms with Crippen LogP contribution in [-0.4, -0.2) is 32.4 Å². The molecule has 0 spiro atoms. The Labute approximate surface area is 205 Å². The van der Waals surface area contributed by atoms with E-state index in [1.165, 1.54) is 12.1 Å². The van der Waals surface area contributed by atoms with E-state index in [0.29, 0.717) is 11.4 Å². The molecule has 1 N–H and O–H groups in total. The molecule has 1 saturated carbocycles. The molecule has 8 nitrogen and oxygen atoms in total. The number of nitrogens with one attached hydrogen (secondary N) is 1. The van der Waals surface area contributed by atoms with Crippen molar-refractivity contribution >= 4 is 5.91 Å². The van der Waals surface area contributed by atoms with Crippen LogP contribution in [-0.2, 0) is 17.9 Å². The van der Waals surface area contributed by atoms with Crippen molar-refractivity contribution < 1.29 is 18.1 Å². The fourth-order valence-corrected chi connectivity index (χ4v) is 4.15. The molecule has 5 rings (SSSR count). The molecule has 1 aliphatic rings. The number of nitriles is 1. The zero-order chi connectivity index (χ0) is 25.5. The molecule has 182 valence electrons. The van der Waals surface area contributed by atoms with Crippen molar-refractivity contribution in [1.29, 1.82) is 5.26 Å². The second kappa shape index (κ2) is 8.68. The molecule has 0 aliphatic heterocycles. The molecule has 1 atom stereocenters. The first-order chi connectivity index (χ1) is 17.2. The maximum atomic E-state index is 14.1. The van der Waals surface area contributed by atoms with Crippen LogP contribution in [0.4, 0.5) is 8.78 Å². The van der Waals surface area contributed by atoms with E-state index in [-0.39, 0.29) is 23.6 Å². The molecule has 3 aromatic heterocycles. The van der Waals surface area contributed by atoms with Crippen LogP contribution in [0.5, 0.6) is 0 Å². The van der Waals surface area contributed by atoms with E-state index in [1.807, 2.05) is 31.3 Å². The van der Waals surface area contributed by atoms with Crippen molar-refractivity contribution in [3.63, 3.8) is 0 Å². The molecule has 1 fully saturated rings. The van der Waals surface area contributed by atoms with Gasteiger partial charge in [-0.15, -0.1) is 0 Å². The van der Waals surface area contributed by atoms with E-state index in [0.717, 1.165) is 30.5 Å². The summed E-state index contributed by atoms with van der Waals surface area (Å²) in [5, 5.41) is 20.5. The molecule has 4 aromatic rings. The predicted molar refractivity (Wildman–Crippen MR) is 125 cm³/mol. The Kier molecular flexibility index (Phi) is 5.63. The summed E-state index contributed by atoms with van der Waals surface area (Å²) in [6.45, 7) is 2.07. The van der Waals surface area contributed by atoms with Crippen LogP contribution in [0.1, 0.15) is 47.2 Å². The number of aromatic nitrogens is 4. The fraction of sp³-hybridized carbons (Fsp3) is 0.269. The lowest BCUT2D eigenvalue weighted by Gasteiger charge is -2.29. The van der Waals surface area contributed by atoms with Gasteiger partial charge in [-0.1, -0.05) is 11.2 Å². The smallest absolute Gasteiger partial charge is 0.273 e. The highest BCUT2D eigenvalue weighted by Crippen LogP contribution is 2.47. The number of benzene rings is 1. The molecule has 3 heterocycles. The number of hydrogen-bond acceptors (Lipinski definition) is 6. The summed E-state index contributed by atoms with van der Waals surface area (Å²) < 4.78 is 34.1. The highest BCUT2D eigenvalue weighted by atomic mass is 19.1. The molecule has 1 amide bonds. The number of halogens is 2. The number of hydrogen-bond donors (Lipinski definition) is 1. The van der Waals surface area contributed by atoms with Gasteiger partial charge in [0.15, 0.2) is 11.5 Å². The van der Waals surface area contributed by atoms with Crippen LogP contribution >= 0.6 is 0 Å². The van der Waals surface area contributed by atoms with Crippen molar-refractivity contribution in [2.45, 2.75) is 30.6 Å². The SMILES string of the molecule is Cn1cc(C(C)(CNC(=O)c2cc(-c3ccc(F)cc3F)on2)c2cccc(C3(C#N)CC3)n2)cn1. The van der Waals surface area contributed by atoms with E-state index in [1.54, 1.807) is 17.9 Å². The first kappa shape index (κ1) is 23.4. The average Bonchev–Trinajstić information content (AvgIpc) is 3.29. The van der Waals surface area contributed by atoms with Gasteiger partial charge in [0, 0.05) is 37.5 Å². The van der Waals surface area contributed by atoms with Crippen molar-refractivity contribution in [3.8, 4) is 17.4 Å². The van der Waals surface area contributed by atoms with Gasteiger partial charge in [0.1, 0.15) is 11.6 Å². The number of nitrogens with zero attached hydrogens (tertiary/aromatic N) is 5. The number of amides is 1. The number of rotatable bonds is 7. The Morgan fingerprint density at radius 1 is 1.28 bits per heavy atom. The van der Waals surface area contributed by atoms with Gasteiger partial charge in [-0.25, -0.2) is 8.78 Å². The normalized spacial score (nSPS) is 15.6. The zero-order valence-electron chi connectivity index (χ0n) is 19.6. The van der Waals surface area contributed by atoms with Crippen LogP contribution < -0.4 is 5.32 Å². The van der Waals surface area contributed by atoms with Crippen LogP contribution in [0.25, 0.3) is 11.3 Å². The molecule has 36 heavy (non-hydrogen) atoms. The molecule has 10 heteroatoms. The van der Waals surface area contributed by atoms with Gasteiger partial charge in [0.25, 0.3) is 5.91 Å². The Morgan fingerprint density at radius 3 is 2.75 bits per heavy atom. The predicted octanol–water partition coefficient (Wildman–Crippen LogP) is 4.04. The first-order valence-corrected chi connectivity index (χ1v) is 11.3. The third kappa shape index (κ3) is 4.13. The third-order valence-electron chi connectivity index (χ3n) is 6.65. The summed E-state index contributed by atoms with van der Waals surface area (Å²) >= 11 is 0. The fourth-order valence-electron chi connectivity index (χ4n) is 4.15. The Bertz CT molecular complexity index is 1500. The van der Waals surface area contributed by atoms with Crippen molar-refractivity contribution in [3.05, 3.63) is 89.1 Å². The van der Waals surface area contributed by atoms with Gasteiger partial charge in [-0.05, 0) is 44.0 Å². The van der Waals surface area contributed by atoms with Gasteiger partial charge in [0.05, 0.1) is 40.0 Å². The van der Waals surface area contributed by atoms with Crippen molar-refractivity contribution in [2.75, 3.05) is 6.54 Å². The number of carbonyl (C=O) groups excluding carboxylic acids is 1. The average molecular weight is 488 g/mol. The standard InChI is InChI=1S/C26H22F2N6O2/c1-25(16-12-31-34(2)13-16,22-4-3-5-23(32-22)26(14-29)8-9-26)15-30-24(35)20-11-21(36-33-20)18-7-6-17(27)10-19(18)28/h3-7,10-13H,8-9,15H2,1-2H3,(H,30,35). The van der Waals surface area contributed by atoms with Gasteiger partial charge in [-0.3, -0.25) is 14.5 Å². The molecule has 1 unspecified atom stereocenters. The van der Waals surface area contributed by atoms with Crippen LogP contribution in [0.15, 0.2) is 59.4 Å². The minimum Gasteiger partial charge on any atom is -0.355 e. The Hall–Kier alpha value is -4.39. The van der Waals surface area contributed by atoms with Crippen LogP contribution in [0.2, 0.25) is 0 Å². The molecule has 0 bridgehead atoms. The molecule has 1 aliphatic carbocycles. The summed E-state index contributed by atoms with van der Waals surface area (Å²) in [4.78, 5) is 17.8. The van der Waals surface area contributed by atoms with E-state index in [4.69, 9.17) is 9.51 Å². The Morgan fingerprint density at radius 2 is 2.08 bits per heavy atom. The largest absolute Gasteiger partial charge is 0.355 e. The second-order valence-corrected chi connectivity index (χ2v) is 9.22. The molecular weight excluding hydrogens is 466 g/mol. The highest BCUT2D eigenvalue weighted by molar-refractivity contribution is 5.93. The quantitative estimate of drug-likeness (QED) is 0.421. The summed E-state index contributed by atoms with van der Waals surface area (Å²) in [6, 6.07) is 12.3. The van der Waals surface area contributed by atoms with Crippen molar-refractivity contribution in [1.82, 2.24) is 25.2 Å². The van der Waals surface area contributed by atoms with Gasteiger partial charge in [-0.2, -0.15) is 10.4 Å². The molecule has 0 saturated heterocycles. The van der Waals surface area contributed by atoms with E-state index in [9.17, 15) is 18.8 Å². The third-order valence-corrected chi connectivity index (χ3v) is 6.65.